The normalized spacial score (nSPS) is 9.88. The predicted octanol–water partition coefficient (Wildman–Crippen LogP) is 2.53. The molecule has 2 rings (SSSR count). The second-order valence-corrected chi connectivity index (χ2v) is 3.65. The second kappa shape index (κ2) is 5.16. The molecule has 0 saturated heterocycles. The van der Waals surface area contributed by atoms with Crippen LogP contribution in [-0.2, 0) is 0 Å². The zero-order chi connectivity index (χ0) is 12.1. The number of hydrogen-bond acceptors (Lipinski definition) is 3. The summed E-state index contributed by atoms with van der Waals surface area (Å²) < 4.78 is 5.37. The molecule has 2 aromatic carbocycles. The summed E-state index contributed by atoms with van der Waals surface area (Å²) in [7, 11) is 0. The quantitative estimate of drug-likeness (QED) is 0.645. The third kappa shape index (κ3) is 3.08. The average molecular weight is 227 g/mol. The van der Waals surface area contributed by atoms with Crippen molar-refractivity contribution in [2.24, 2.45) is 0 Å². The molecule has 86 valence electrons. The summed E-state index contributed by atoms with van der Waals surface area (Å²) in [5, 5.41) is 0. The molecule has 0 fully saturated rings. The van der Waals surface area contributed by atoms with Crippen LogP contribution in [0, 0.1) is 0 Å². The van der Waals surface area contributed by atoms with Crippen molar-refractivity contribution in [3.8, 4) is 5.75 Å². The highest BCUT2D eigenvalue weighted by Crippen LogP contribution is 2.11. The van der Waals surface area contributed by atoms with Crippen LogP contribution in [0.3, 0.4) is 0 Å². The highest BCUT2D eigenvalue weighted by Gasteiger charge is 2.06. The summed E-state index contributed by atoms with van der Waals surface area (Å²) >= 11 is 0. The number of nitrogen functional groups attached to an aromatic ring is 1. The third-order valence-corrected chi connectivity index (χ3v) is 2.32. The lowest BCUT2D eigenvalue weighted by Crippen LogP contribution is -2.11. The molecule has 0 atom stereocenters. The van der Waals surface area contributed by atoms with E-state index in [-0.39, 0.29) is 12.4 Å². The fourth-order valence-electron chi connectivity index (χ4n) is 1.46. The van der Waals surface area contributed by atoms with E-state index in [1.165, 1.54) is 0 Å². The van der Waals surface area contributed by atoms with Crippen molar-refractivity contribution < 1.29 is 9.53 Å². The van der Waals surface area contributed by atoms with Gasteiger partial charge in [-0.25, -0.2) is 0 Å². The number of rotatable bonds is 4. The van der Waals surface area contributed by atoms with Crippen molar-refractivity contribution >= 4 is 11.5 Å². The Morgan fingerprint density at radius 3 is 2.53 bits per heavy atom. The van der Waals surface area contributed by atoms with Crippen LogP contribution in [-0.4, -0.2) is 12.4 Å². The predicted molar refractivity (Wildman–Crippen MR) is 67.1 cm³/mol. The van der Waals surface area contributed by atoms with Crippen molar-refractivity contribution in [3.63, 3.8) is 0 Å². The van der Waals surface area contributed by atoms with Gasteiger partial charge in [0.05, 0.1) is 0 Å². The molecule has 0 spiro atoms. The van der Waals surface area contributed by atoms with Crippen LogP contribution in [0.2, 0.25) is 0 Å². The lowest BCUT2D eigenvalue weighted by molar-refractivity contribution is 0.0921. The van der Waals surface area contributed by atoms with Crippen LogP contribution in [0.1, 0.15) is 10.4 Å². The lowest BCUT2D eigenvalue weighted by Gasteiger charge is -2.05. The van der Waals surface area contributed by atoms with E-state index in [2.05, 4.69) is 0 Å². The number of hydrogen-bond donors (Lipinski definition) is 1. The summed E-state index contributed by atoms with van der Waals surface area (Å²) in [6, 6.07) is 16.1. The van der Waals surface area contributed by atoms with Gasteiger partial charge in [0, 0.05) is 11.3 Å². The van der Waals surface area contributed by atoms with E-state index in [9.17, 15) is 4.79 Å². The fraction of sp³-hybridized carbons (Fsp3) is 0.0714. The van der Waals surface area contributed by atoms with E-state index < -0.39 is 0 Å². The Bertz CT molecular complexity index is 509. The number of para-hydroxylation sites is 1. The largest absolute Gasteiger partial charge is 0.485 e. The highest BCUT2D eigenvalue weighted by molar-refractivity contribution is 5.97. The number of carbonyl (C=O) groups is 1. The molecule has 0 radical (unpaired) electrons. The summed E-state index contributed by atoms with van der Waals surface area (Å²) in [5.41, 5.74) is 6.76. The molecule has 0 aliphatic carbocycles. The molecule has 0 unspecified atom stereocenters. The molecule has 0 heterocycles. The Morgan fingerprint density at radius 2 is 1.82 bits per heavy atom. The minimum atomic E-state index is -0.0823. The maximum absolute atomic E-state index is 11.8. The molecule has 3 nitrogen and oxygen atoms in total. The first kappa shape index (κ1) is 11.2. The molecule has 0 aromatic heterocycles. The molecular formula is C14H13NO2. The van der Waals surface area contributed by atoms with Crippen LogP contribution in [0.25, 0.3) is 0 Å². The molecule has 2 aromatic rings. The Morgan fingerprint density at radius 1 is 1.06 bits per heavy atom. The van der Waals surface area contributed by atoms with Crippen molar-refractivity contribution in [2.75, 3.05) is 12.3 Å². The van der Waals surface area contributed by atoms with E-state index in [0.717, 1.165) is 0 Å². The first-order valence-corrected chi connectivity index (χ1v) is 5.32. The van der Waals surface area contributed by atoms with E-state index in [1.54, 1.807) is 24.3 Å². The lowest BCUT2D eigenvalue weighted by atomic mass is 10.1. The SMILES string of the molecule is Nc1cccc(C(=O)COc2ccccc2)c1. The van der Waals surface area contributed by atoms with Gasteiger partial charge in [0.25, 0.3) is 0 Å². The summed E-state index contributed by atoms with van der Waals surface area (Å²) in [6.45, 7) is 0.0213. The van der Waals surface area contributed by atoms with Crippen LogP contribution in [0.5, 0.6) is 5.75 Å². The molecule has 0 aliphatic heterocycles. The first-order chi connectivity index (χ1) is 8.25. The van der Waals surface area contributed by atoms with Gasteiger partial charge in [-0.15, -0.1) is 0 Å². The van der Waals surface area contributed by atoms with Gasteiger partial charge >= 0.3 is 0 Å². The minimum absolute atomic E-state index is 0.0213. The monoisotopic (exact) mass is 227 g/mol. The summed E-state index contributed by atoms with van der Waals surface area (Å²) in [4.78, 5) is 11.8. The standard InChI is InChI=1S/C14H13NO2/c15-12-6-4-5-11(9-12)14(16)10-17-13-7-2-1-3-8-13/h1-9H,10,15H2. The van der Waals surface area contributed by atoms with Crippen LogP contribution >= 0.6 is 0 Å². The number of carbonyl (C=O) groups excluding carboxylic acids is 1. The van der Waals surface area contributed by atoms with Gasteiger partial charge in [-0.05, 0) is 24.3 Å². The van der Waals surface area contributed by atoms with Crippen LogP contribution in [0.15, 0.2) is 54.6 Å². The van der Waals surface area contributed by atoms with Gasteiger partial charge in [0.1, 0.15) is 5.75 Å². The molecule has 17 heavy (non-hydrogen) atoms. The number of anilines is 1. The zero-order valence-corrected chi connectivity index (χ0v) is 9.30. The molecule has 0 aliphatic rings. The minimum Gasteiger partial charge on any atom is -0.485 e. The highest BCUT2D eigenvalue weighted by atomic mass is 16.5. The second-order valence-electron chi connectivity index (χ2n) is 3.65. The molecule has 2 N–H and O–H groups in total. The Labute approximate surface area is 99.8 Å². The van der Waals surface area contributed by atoms with Gasteiger partial charge in [-0.3, -0.25) is 4.79 Å². The van der Waals surface area contributed by atoms with E-state index in [4.69, 9.17) is 10.5 Å². The van der Waals surface area contributed by atoms with Crippen LogP contribution in [0.4, 0.5) is 5.69 Å². The first-order valence-electron chi connectivity index (χ1n) is 5.32. The van der Waals surface area contributed by atoms with E-state index in [0.29, 0.717) is 17.0 Å². The smallest absolute Gasteiger partial charge is 0.200 e. The van der Waals surface area contributed by atoms with Crippen molar-refractivity contribution in [3.05, 3.63) is 60.2 Å². The van der Waals surface area contributed by atoms with Crippen LogP contribution < -0.4 is 10.5 Å². The van der Waals surface area contributed by atoms with Gasteiger partial charge in [0.2, 0.25) is 0 Å². The molecule has 3 heteroatoms. The van der Waals surface area contributed by atoms with Gasteiger partial charge < -0.3 is 10.5 Å². The molecule has 0 amide bonds. The number of Topliss-reactive ketones (excluding diaryl/α,β-unsaturated/α-hetero) is 1. The fourth-order valence-corrected chi connectivity index (χ4v) is 1.46. The van der Waals surface area contributed by atoms with Crippen molar-refractivity contribution in [1.29, 1.82) is 0 Å². The maximum atomic E-state index is 11.8. The topological polar surface area (TPSA) is 52.3 Å². The summed E-state index contributed by atoms with van der Waals surface area (Å²) in [6.07, 6.45) is 0. The average Bonchev–Trinajstić information content (AvgIpc) is 2.37. The zero-order valence-electron chi connectivity index (χ0n) is 9.30. The van der Waals surface area contributed by atoms with Gasteiger partial charge in [0.15, 0.2) is 12.4 Å². The van der Waals surface area contributed by atoms with Gasteiger partial charge in [-0.1, -0.05) is 30.3 Å². The number of nitrogens with two attached hydrogens (primary N) is 1. The Hall–Kier alpha value is -2.29. The third-order valence-electron chi connectivity index (χ3n) is 2.32. The number of benzene rings is 2. The molecule has 0 saturated carbocycles. The van der Waals surface area contributed by atoms with Crippen molar-refractivity contribution in [2.45, 2.75) is 0 Å². The Kier molecular flexibility index (Phi) is 3.40. The van der Waals surface area contributed by atoms with E-state index >= 15 is 0 Å². The van der Waals surface area contributed by atoms with E-state index in [1.807, 2.05) is 30.3 Å². The Balaban J connectivity index is 1.98. The molecule has 0 bridgehead atoms. The maximum Gasteiger partial charge on any atom is 0.200 e. The van der Waals surface area contributed by atoms with Crippen molar-refractivity contribution in [1.82, 2.24) is 0 Å². The summed E-state index contributed by atoms with van der Waals surface area (Å²) in [5.74, 6) is 0.603. The van der Waals surface area contributed by atoms with Gasteiger partial charge in [-0.2, -0.15) is 0 Å². The molecular weight excluding hydrogens is 214 g/mol. The number of ether oxygens (including phenoxy) is 1. The number of ketones is 1.